The zero-order valence-electron chi connectivity index (χ0n) is 16.7. The lowest BCUT2D eigenvalue weighted by Gasteiger charge is -2.18. The number of H-pyrrole nitrogens is 1. The van der Waals surface area contributed by atoms with E-state index in [1.54, 1.807) is 26.2 Å². The molecule has 2 aromatic carbocycles. The second kappa shape index (κ2) is 6.64. The van der Waals surface area contributed by atoms with Crippen LogP contribution in [0.4, 0.5) is 0 Å². The van der Waals surface area contributed by atoms with Crippen molar-refractivity contribution >= 4 is 20.9 Å². The van der Waals surface area contributed by atoms with Gasteiger partial charge in [0, 0.05) is 28.6 Å². The Morgan fingerprint density at radius 3 is 2.50 bits per heavy atom. The van der Waals surface area contributed by atoms with Crippen LogP contribution in [-0.2, 0) is 15.4 Å². The molecule has 0 amide bonds. The molecule has 0 spiro atoms. The van der Waals surface area contributed by atoms with Gasteiger partial charge in [0.25, 0.3) is 0 Å². The van der Waals surface area contributed by atoms with E-state index in [2.05, 4.69) is 28.8 Å². The Morgan fingerprint density at radius 2 is 1.82 bits per heavy atom. The Bertz CT molecular complexity index is 1160. The van der Waals surface area contributed by atoms with Gasteiger partial charge in [-0.05, 0) is 68.5 Å². The molecule has 1 fully saturated rings. The predicted molar refractivity (Wildman–Crippen MR) is 112 cm³/mol. The molecule has 1 heterocycles. The Morgan fingerprint density at radius 1 is 1.11 bits per heavy atom. The summed E-state index contributed by atoms with van der Waals surface area (Å²) >= 11 is 0. The minimum Gasteiger partial charge on any atom is -0.496 e. The molecule has 0 unspecified atom stereocenters. The van der Waals surface area contributed by atoms with Gasteiger partial charge in [0.1, 0.15) is 5.75 Å². The van der Waals surface area contributed by atoms with Crippen LogP contribution in [0.15, 0.2) is 41.3 Å². The second-order valence-corrected chi connectivity index (χ2v) is 9.60. The van der Waals surface area contributed by atoms with E-state index >= 15 is 0 Å². The largest absolute Gasteiger partial charge is 0.496 e. The Balaban J connectivity index is 1.64. The maximum atomic E-state index is 13.0. The van der Waals surface area contributed by atoms with Crippen molar-refractivity contribution in [1.29, 1.82) is 0 Å². The van der Waals surface area contributed by atoms with Gasteiger partial charge in [0.05, 0.1) is 12.0 Å². The van der Waals surface area contributed by atoms with Crippen LogP contribution in [-0.4, -0.2) is 27.1 Å². The SMILES string of the molecule is COc1cc(C)c(S(=O)(=O)NCC2(c3c(C)[nH]c4ccccc34)CC2)cc1C. The van der Waals surface area contributed by atoms with Crippen molar-refractivity contribution in [3.05, 3.63) is 58.8 Å². The molecule has 0 radical (unpaired) electrons. The fourth-order valence-corrected chi connectivity index (χ4v) is 5.65. The highest BCUT2D eigenvalue weighted by Gasteiger charge is 2.47. The number of hydrogen-bond acceptors (Lipinski definition) is 3. The zero-order chi connectivity index (χ0) is 20.1. The van der Waals surface area contributed by atoms with Crippen LogP contribution in [0.1, 0.15) is 35.2 Å². The summed E-state index contributed by atoms with van der Waals surface area (Å²) in [5.41, 5.74) is 4.82. The first-order chi connectivity index (χ1) is 13.3. The first-order valence-electron chi connectivity index (χ1n) is 9.50. The summed E-state index contributed by atoms with van der Waals surface area (Å²) in [4.78, 5) is 3.76. The highest BCUT2D eigenvalue weighted by atomic mass is 32.2. The van der Waals surface area contributed by atoms with Crippen LogP contribution >= 0.6 is 0 Å². The van der Waals surface area contributed by atoms with E-state index in [1.807, 2.05) is 19.1 Å². The Hall–Kier alpha value is -2.31. The lowest BCUT2D eigenvalue weighted by Crippen LogP contribution is -2.33. The maximum absolute atomic E-state index is 13.0. The summed E-state index contributed by atoms with van der Waals surface area (Å²) in [5, 5.41) is 1.19. The number of para-hydroxylation sites is 1. The molecule has 0 atom stereocenters. The van der Waals surface area contributed by atoms with Gasteiger partial charge in [0.2, 0.25) is 10.0 Å². The van der Waals surface area contributed by atoms with Crippen molar-refractivity contribution in [2.75, 3.05) is 13.7 Å². The molecule has 4 rings (SSSR count). The van der Waals surface area contributed by atoms with Crippen LogP contribution < -0.4 is 9.46 Å². The van der Waals surface area contributed by atoms with E-state index in [0.29, 0.717) is 22.8 Å². The third-order valence-electron chi connectivity index (χ3n) is 5.86. The molecule has 1 aliphatic carbocycles. The molecule has 3 aromatic rings. The van der Waals surface area contributed by atoms with Crippen molar-refractivity contribution < 1.29 is 13.2 Å². The smallest absolute Gasteiger partial charge is 0.240 e. The first-order valence-corrected chi connectivity index (χ1v) is 11.0. The van der Waals surface area contributed by atoms with Gasteiger partial charge >= 0.3 is 0 Å². The van der Waals surface area contributed by atoms with Gasteiger partial charge in [-0.1, -0.05) is 18.2 Å². The Kier molecular flexibility index (Phi) is 4.51. The standard InChI is InChI=1S/C22H26N2O3S/c1-14-12-20(15(2)11-19(14)27-4)28(25,26)23-13-22(9-10-22)21-16(3)24-18-8-6-5-7-17(18)21/h5-8,11-12,23-24H,9-10,13H2,1-4H3. The molecule has 148 valence electrons. The number of aromatic nitrogens is 1. The third kappa shape index (κ3) is 3.10. The van der Waals surface area contributed by atoms with Gasteiger partial charge in [-0.15, -0.1) is 0 Å². The van der Waals surface area contributed by atoms with Crippen molar-refractivity contribution in [2.45, 2.75) is 43.9 Å². The quantitative estimate of drug-likeness (QED) is 0.656. The fraction of sp³-hybridized carbons (Fsp3) is 0.364. The van der Waals surface area contributed by atoms with Gasteiger partial charge < -0.3 is 9.72 Å². The summed E-state index contributed by atoms with van der Waals surface area (Å²) in [6, 6.07) is 11.7. The molecule has 1 aliphatic rings. The summed E-state index contributed by atoms with van der Waals surface area (Å²) in [6.07, 6.45) is 1.97. The second-order valence-electron chi connectivity index (χ2n) is 7.86. The topological polar surface area (TPSA) is 71.2 Å². The van der Waals surface area contributed by atoms with Crippen molar-refractivity contribution in [3.8, 4) is 5.75 Å². The molecule has 6 heteroatoms. The average Bonchev–Trinajstić information content (AvgIpc) is 3.36. The van der Waals surface area contributed by atoms with Gasteiger partial charge in [-0.2, -0.15) is 0 Å². The fourth-order valence-electron chi connectivity index (χ4n) is 4.21. The summed E-state index contributed by atoms with van der Waals surface area (Å²) in [6.45, 7) is 6.13. The maximum Gasteiger partial charge on any atom is 0.240 e. The molecule has 1 saturated carbocycles. The molecule has 0 bridgehead atoms. The number of methoxy groups -OCH3 is 1. The van der Waals surface area contributed by atoms with E-state index < -0.39 is 10.0 Å². The van der Waals surface area contributed by atoms with E-state index in [1.165, 1.54) is 10.9 Å². The van der Waals surface area contributed by atoms with Gasteiger partial charge in [0.15, 0.2) is 0 Å². The van der Waals surface area contributed by atoms with Gasteiger partial charge in [-0.25, -0.2) is 13.1 Å². The number of fused-ring (bicyclic) bond motifs is 1. The summed E-state index contributed by atoms with van der Waals surface area (Å²) < 4.78 is 34.3. The lowest BCUT2D eigenvalue weighted by molar-refractivity contribution is 0.411. The summed E-state index contributed by atoms with van der Waals surface area (Å²) in [5.74, 6) is 0.699. The number of aromatic amines is 1. The molecular formula is C22H26N2O3S. The molecule has 0 saturated heterocycles. The molecule has 28 heavy (non-hydrogen) atoms. The molecule has 5 nitrogen and oxygen atoms in total. The monoisotopic (exact) mass is 398 g/mol. The minimum atomic E-state index is -3.60. The number of aryl methyl sites for hydroxylation is 3. The predicted octanol–water partition coefficient (Wildman–Crippen LogP) is 4.11. The molecule has 2 N–H and O–H groups in total. The van der Waals surface area contributed by atoms with Crippen LogP contribution in [0.3, 0.4) is 0 Å². The zero-order valence-corrected chi connectivity index (χ0v) is 17.5. The summed E-state index contributed by atoms with van der Waals surface area (Å²) in [7, 11) is -2.01. The average molecular weight is 399 g/mol. The van der Waals surface area contributed by atoms with E-state index in [0.717, 1.165) is 29.6 Å². The number of ether oxygens (including phenoxy) is 1. The number of hydrogen-bond donors (Lipinski definition) is 2. The van der Waals surface area contributed by atoms with Crippen molar-refractivity contribution in [2.24, 2.45) is 0 Å². The number of benzene rings is 2. The Labute approximate surface area is 166 Å². The van der Waals surface area contributed by atoms with Crippen LogP contribution in [0.2, 0.25) is 0 Å². The molecule has 0 aliphatic heterocycles. The third-order valence-corrected chi connectivity index (χ3v) is 7.40. The van der Waals surface area contributed by atoms with Gasteiger partial charge in [-0.3, -0.25) is 0 Å². The van der Waals surface area contributed by atoms with Crippen LogP contribution in [0, 0.1) is 20.8 Å². The number of rotatable bonds is 6. The number of nitrogens with one attached hydrogen (secondary N) is 2. The molecule has 1 aromatic heterocycles. The lowest BCUT2D eigenvalue weighted by atomic mass is 9.93. The highest BCUT2D eigenvalue weighted by molar-refractivity contribution is 7.89. The minimum absolute atomic E-state index is 0.133. The van der Waals surface area contributed by atoms with Crippen molar-refractivity contribution in [1.82, 2.24) is 9.71 Å². The van der Waals surface area contributed by atoms with E-state index in [4.69, 9.17) is 4.74 Å². The van der Waals surface area contributed by atoms with Crippen molar-refractivity contribution in [3.63, 3.8) is 0 Å². The first kappa shape index (κ1) is 19.0. The van der Waals surface area contributed by atoms with E-state index in [-0.39, 0.29) is 5.41 Å². The number of sulfonamides is 1. The molecular weight excluding hydrogens is 372 g/mol. The van der Waals surface area contributed by atoms with E-state index in [9.17, 15) is 8.42 Å². The highest BCUT2D eigenvalue weighted by Crippen LogP contribution is 2.51. The normalized spacial score (nSPS) is 15.7. The van der Waals surface area contributed by atoms with Crippen LogP contribution in [0.5, 0.6) is 5.75 Å². The van der Waals surface area contributed by atoms with Crippen LogP contribution in [0.25, 0.3) is 10.9 Å².